The molecule has 0 aliphatic heterocycles. The van der Waals surface area contributed by atoms with Crippen molar-refractivity contribution in [3.63, 3.8) is 0 Å². The van der Waals surface area contributed by atoms with E-state index in [1.165, 1.54) is 17.0 Å². The summed E-state index contributed by atoms with van der Waals surface area (Å²) in [7, 11) is -3.98. The Bertz CT molecular complexity index is 1700. The maximum atomic E-state index is 13.6. The number of sulfonamides is 1. The van der Waals surface area contributed by atoms with Crippen LogP contribution in [0.3, 0.4) is 0 Å². The fourth-order valence-electron chi connectivity index (χ4n) is 4.19. The standard InChI is InChI=1S/C31H32N4O6S/c1-31(2,3)41-30(36)34(18-7-8-23-11-13-27(14-12-23)35(37)38)19-17-33-42(39,40)29-21-25(24-9-5-4-6-10-24)20-26-22-32-16-15-28(26)29/h4-16,20-22,33H,17-19H2,1-3H3. The van der Waals surface area contributed by atoms with Crippen LogP contribution in [0.2, 0.25) is 0 Å². The summed E-state index contributed by atoms with van der Waals surface area (Å²) in [6.07, 6.45) is 6.01. The van der Waals surface area contributed by atoms with Crippen molar-refractivity contribution in [1.29, 1.82) is 0 Å². The first-order valence-corrected chi connectivity index (χ1v) is 14.7. The Morgan fingerprint density at radius 3 is 2.43 bits per heavy atom. The lowest BCUT2D eigenvalue weighted by molar-refractivity contribution is -0.384. The second kappa shape index (κ2) is 12.9. The molecule has 1 N–H and O–H groups in total. The molecule has 218 valence electrons. The topological polar surface area (TPSA) is 132 Å². The number of ether oxygens (including phenoxy) is 1. The fourth-order valence-corrected chi connectivity index (χ4v) is 5.47. The van der Waals surface area contributed by atoms with Crippen LogP contribution in [0.5, 0.6) is 0 Å². The highest BCUT2D eigenvalue weighted by molar-refractivity contribution is 7.89. The predicted octanol–water partition coefficient (Wildman–Crippen LogP) is 6.04. The number of fused-ring (bicyclic) bond motifs is 1. The first kappa shape index (κ1) is 30.4. The molecule has 11 heteroatoms. The molecule has 0 aliphatic carbocycles. The van der Waals surface area contributed by atoms with Crippen molar-refractivity contribution < 1.29 is 22.9 Å². The van der Waals surface area contributed by atoms with E-state index in [1.807, 2.05) is 36.4 Å². The Morgan fingerprint density at radius 2 is 1.76 bits per heavy atom. The van der Waals surface area contributed by atoms with E-state index in [0.717, 1.165) is 11.1 Å². The summed E-state index contributed by atoms with van der Waals surface area (Å²) in [5.74, 6) is 0. The molecule has 0 spiro atoms. The minimum atomic E-state index is -3.98. The molecule has 1 aromatic heterocycles. The minimum absolute atomic E-state index is 0.0202. The zero-order valence-corrected chi connectivity index (χ0v) is 24.4. The molecule has 1 heterocycles. The maximum absolute atomic E-state index is 13.6. The number of carbonyl (C=O) groups is 1. The molecule has 0 fully saturated rings. The first-order valence-electron chi connectivity index (χ1n) is 13.2. The summed E-state index contributed by atoms with van der Waals surface area (Å²) in [6.45, 7) is 5.35. The molecule has 4 rings (SSSR count). The molecular formula is C31H32N4O6S. The van der Waals surface area contributed by atoms with Crippen molar-refractivity contribution in [3.8, 4) is 11.1 Å². The van der Waals surface area contributed by atoms with E-state index in [-0.39, 0.29) is 30.2 Å². The molecule has 0 saturated carbocycles. The normalized spacial score (nSPS) is 12.0. The van der Waals surface area contributed by atoms with Gasteiger partial charge in [0.1, 0.15) is 5.60 Å². The van der Waals surface area contributed by atoms with E-state index in [4.69, 9.17) is 4.74 Å². The van der Waals surface area contributed by atoms with E-state index in [9.17, 15) is 23.3 Å². The molecule has 0 bridgehead atoms. The zero-order valence-electron chi connectivity index (χ0n) is 23.6. The molecule has 1 amide bonds. The number of nitrogens with one attached hydrogen (secondary N) is 1. The quantitative estimate of drug-likeness (QED) is 0.176. The third-order valence-electron chi connectivity index (χ3n) is 6.18. The summed E-state index contributed by atoms with van der Waals surface area (Å²) >= 11 is 0. The van der Waals surface area contributed by atoms with E-state index in [2.05, 4.69) is 9.71 Å². The van der Waals surface area contributed by atoms with Gasteiger partial charge in [-0.25, -0.2) is 17.9 Å². The lowest BCUT2D eigenvalue weighted by Gasteiger charge is -2.26. The summed E-state index contributed by atoms with van der Waals surface area (Å²) in [4.78, 5) is 29.0. The smallest absolute Gasteiger partial charge is 0.410 e. The summed E-state index contributed by atoms with van der Waals surface area (Å²) in [5.41, 5.74) is 1.55. The highest BCUT2D eigenvalue weighted by Crippen LogP contribution is 2.30. The van der Waals surface area contributed by atoms with E-state index < -0.39 is 26.6 Å². The SMILES string of the molecule is CC(C)(C)OC(=O)N(CC=Cc1ccc([N+](=O)[O-])cc1)CCNS(=O)(=O)c1cc(-c2ccccc2)cc2cnccc12. The van der Waals surface area contributed by atoms with E-state index >= 15 is 0 Å². The lowest BCUT2D eigenvalue weighted by Crippen LogP contribution is -2.41. The van der Waals surface area contributed by atoms with Crippen molar-refractivity contribution in [2.24, 2.45) is 0 Å². The fraction of sp³-hybridized carbons (Fsp3) is 0.226. The van der Waals surface area contributed by atoms with Crippen molar-refractivity contribution in [3.05, 3.63) is 107 Å². The number of amides is 1. The number of nitro benzene ring substituents is 1. The van der Waals surface area contributed by atoms with Crippen molar-refractivity contribution in [2.75, 3.05) is 19.6 Å². The average Bonchev–Trinajstić information content (AvgIpc) is 2.95. The highest BCUT2D eigenvalue weighted by Gasteiger charge is 2.23. The first-order chi connectivity index (χ1) is 19.9. The molecule has 10 nitrogen and oxygen atoms in total. The molecule has 0 radical (unpaired) electrons. The van der Waals surface area contributed by atoms with Crippen LogP contribution < -0.4 is 4.72 Å². The molecule has 0 aliphatic rings. The number of hydrogen-bond acceptors (Lipinski definition) is 7. The minimum Gasteiger partial charge on any atom is -0.444 e. The summed E-state index contributed by atoms with van der Waals surface area (Å²) in [5, 5.41) is 12.1. The van der Waals surface area contributed by atoms with Crippen LogP contribution >= 0.6 is 0 Å². The average molecular weight is 589 g/mol. The zero-order chi connectivity index (χ0) is 30.3. The van der Waals surface area contributed by atoms with Gasteiger partial charge in [0.15, 0.2) is 0 Å². The Hall–Kier alpha value is -4.61. The van der Waals surface area contributed by atoms with Crippen LogP contribution in [0, 0.1) is 10.1 Å². The van der Waals surface area contributed by atoms with Crippen LogP contribution in [-0.2, 0) is 14.8 Å². The number of rotatable bonds is 10. The van der Waals surface area contributed by atoms with Crippen LogP contribution in [0.4, 0.5) is 10.5 Å². The van der Waals surface area contributed by atoms with Gasteiger partial charge in [0.25, 0.3) is 5.69 Å². The largest absolute Gasteiger partial charge is 0.444 e. The summed E-state index contributed by atoms with van der Waals surface area (Å²) < 4.78 is 35.3. The second-order valence-electron chi connectivity index (χ2n) is 10.5. The van der Waals surface area contributed by atoms with Crippen molar-refractivity contribution in [2.45, 2.75) is 31.3 Å². The monoisotopic (exact) mass is 588 g/mol. The third kappa shape index (κ3) is 7.99. The number of benzene rings is 3. The maximum Gasteiger partial charge on any atom is 0.410 e. The van der Waals surface area contributed by atoms with Crippen molar-refractivity contribution >= 4 is 38.7 Å². The molecule has 0 unspecified atom stereocenters. The number of carbonyl (C=O) groups excluding carboxylic acids is 1. The van der Waals surface area contributed by atoms with E-state index in [1.54, 1.807) is 69.6 Å². The lowest BCUT2D eigenvalue weighted by atomic mass is 10.0. The Labute approximate surface area is 244 Å². The van der Waals surface area contributed by atoms with Gasteiger partial charge in [-0.3, -0.25) is 15.1 Å². The Balaban J connectivity index is 1.52. The number of non-ortho nitro benzene ring substituents is 1. The van der Waals surface area contributed by atoms with Gasteiger partial charge in [-0.2, -0.15) is 0 Å². The molecule has 0 saturated heterocycles. The van der Waals surface area contributed by atoms with Crippen LogP contribution in [0.15, 0.2) is 96.2 Å². The molecule has 3 aromatic carbocycles. The summed E-state index contributed by atoms with van der Waals surface area (Å²) in [6, 6.07) is 20.7. The second-order valence-corrected chi connectivity index (χ2v) is 12.2. The third-order valence-corrected chi connectivity index (χ3v) is 7.68. The van der Waals surface area contributed by atoms with Gasteiger partial charge in [0, 0.05) is 54.9 Å². The molecule has 4 aromatic rings. The van der Waals surface area contributed by atoms with Crippen LogP contribution in [0.25, 0.3) is 28.0 Å². The number of aromatic nitrogens is 1. The van der Waals surface area contributed by atoms with Gasteiger partial charge in [0.2, 0.25) is 10.0 Å². The van der Waals surface area contributed by atoms with Gasteiger partial charge in [-0.05, 0) is 67.8 Å². The van der Waals surface area contributed by atoms with Gasteiger partial charge < -0.3 is 9.64 Å². The number of nitrogens with zero attached hydrogens (tertiary/aromatic N) is 3. The molecule has 0 atom stereocenters. The molecule has 42 heavy (non-hydrogen) atoms. The van der Waals surface area contributed by atoms with Crippen LogP contribution in [0.1, 0.15) is 26.3 Å². The Kier molecular flexibility index (Phi) is 9.34. The van der Waals surface area contributed by atoms with Crippen molar-refractivity contribution in [1.82, 2.24) is 14.6 Å². The van der Waals surface area contributed by atoms with Gasteiger partial charge in [-0.1, -0.05) is 42.5 Å². The van der Waals surface area contributed by atoms with Crippen LogP contribution in [-0.4, -0.2) is 54.6 Å². The van der Waals surface area contributed by atoms with Gasteiger partial charge >= 0.3 is 6.09 Å². The Morgan fingerprint density at radius 1 is 1.05 bits per heavy atom. The van der Waals surface area contributed by atoms with Gasteiger partial charge in [-0.15, -0.1) is 0 Å². The number of pyridine rings is 1. The molecular weight excluding hydrogens is 556 g/mol. The van der Waals surface area contributed by atoms with Gasteiger partial charge in [0.05, 0.1) is 9.82 Å². The number of nitro groups is 1. The predicted molar refractivity (Wildman–Crippen MR) is 162 cm³/mol. The van der Waals surface area contributed by atoms with E-state index in [0.29, 0.717) is 16.3 Å². The highest BCUT2D eigenvalue weighted by atomic mass is 32.2. The number of hydrogen-bond donors (Lipinski definition) is 1.